The summed E-state index contributed by atoms with van der Waals surface area (Å²) in [7, 11) is 4.68. The van der Waals surface area contributed by atoms with Gasteiger partial charge in [0.15, 0.2) is 11.5 Å². The average Bonchev–Trinajstić information content (AvgIpc) is 2.66. The van der Waals surface area contributed by atoms with E-state index in [-0.39, 0.29) is 6.03 Å². The van der Waals surface area contributed by atoms with E-state index in [1.54, 1.807) is 21.3 Å². The quantitative estimate of drug-likeness (QED) is 0.753. The molecule has 146 valence electrons. The SMILES string of the molecule is COc1cc(CNC(=O)Nc2c(C)cccc2C(C)C)cc(OC)c1OC. The first kappa shape index (κ1) is 20.4. The summed E-state index contributed by atoms with van der Waals surface area (Å²) in [6.45, 7) is 6.52. The van der Waals surface area contributed by atoms with Gasteiger partial charge in [-0.05, 0) is 41.7 Å². The molecule has 2 aromatic carbocycles. The van der Waals surface area contributed by atoms with Gasteiger partial charge < -0.3 is 24.8 Å². The number of hydrogen-bond acceptors (Lipinski definition) is 4. The van der Waals surface area contributed by atoms with E-state index >= 15 is 0 Å². The molecule has 0 heterocycles. The number of amides is 2. The van der Waals surface area contributed by atoms with Crippen LogP contribution in [-0.2, 0) is 6.54 Å². The first-order chi connectivity index (χ1) is 12.9. The molecule has 2 N–H and O–H groups in total. The Bertz CT molecular complexity index is 778. The van der Waals surface area contributed by atoms with Crippen molar-refractivity contribution in [1.82, 2.24) is 5.32 Å². The lowest BCUT2D eigenvalue weighted by atomic mass is 9.98. The summed E-state index contributed by atoms with van der Waals surface area (Å²) >= 11 is 0. The molecule has 0 saturated carbocycles. The molecule has 2 aromatic rings. The van der Waals surface area contributed by atoms with Crippen LogP contribution in [0.3, 0.4) is 0 Å². The molecule has 0 aromatic heterocycles. The van der Waals surface area contributed by atoms with Crippen LogP contribution in [0, 0.1) is 6.92 Å². The van der Waals surface area contributed by atoms with E-state index in [1.165, 1.54) is 0 Å². The molecule has 0 aliphatic carbocycles. The minimum Gasteiger partial charge on any atom is -0.493 e. The molecule has 2 amide bonds. The third kappa shape index (κ3) is 4.84. The second-order valence-electron chi connectivity index (χ2n) is 6.54. The topological polar surface area (TPSA) is 68.8 Å². The van der Waals surface area contributed by atoms with Gasteiger partial charge in [-0.1, -0.05) is 32.0 Å². The van der Waals surface area contributed by atoms with Crippen molar-refractivity contribution >= 4 is 11.7 Å². The minimum absolute atomic E-state index is 0.264. The van der Waals surface area contributed by atoms with Crippen molar-refractivity contribution in [3.05, 3.63) is 47.0 Å². The fourth-order valence-electron chi connectivity index (χ4n) is 2.92. The summed E-state index contributed by atoms with van der Waals surface area (Å²) in [5.74, 6) is 1.94. The van der Waals surface area contributed by atoms with Crippen LogP contribution in [-0.4, -0.2) is 27.4 Å². The van der Waals surface area contributed by atoms with Gasteiger partial charge in [0, 0.05) is 12.2 Å². The highest BCUT2D eigenvalue weighted by Gasteiger charge is 2.15. The van der Waals surface area contributed by atoms with Crippen molar-refractivity contribution in [1.29, 1.82) is 0 Å². The van der Waals surface area contributed by atoms with Gasteiger partial charge in [0.25, 0.3) is 0 Å². The van der Waals surface area contributed by atoms with E-state index in [2.05, 4.69) is 24.5 Å². The molecule has 6 nitrogen and oxygen atoms in total. The van der Waals surface area contributed by atoms with Crippen LogP contribution in [0.2, 0.25) is 0 Å². The number of hydrogen-bond donors (Lipinski definition) is 2. The molecule has 0 aliphatic rings. The zero-order chi connectivity index (χ0) is 20.0. The summed E-state index contributed by atoms with van der Waals surface area (Å²) < 4.78 is 16.0. The lowest BCUT2D eigenvalue weighted by Crippen LogP contribution is -2.29. The molecule has 0 aliphatic heterocycles. The second-order valence-corrected chi connectivity index (χ2v) is 6.54. The van der Waals surface area contributed by atoms with Crippen molar-refractivity contribution in [2.24, 2.45) is 0 Å². The molecule has 27 heavy (non-hydrogen) atoms. The van der Waals surface area contributed by atoms with E-state index in [1.807, 2.05) is 37.3 Å². The molecule has 2 rings (SSSR count). The Morgan fingerprint density at radius 2 is 1.67 bits per heavy atom. The van der Waals surface area contributed by atoms with Crippen LogP contribution < -0.4 is 24.8 Å². The van der Waals surface area contributed by atoms with E-state index < -0.39 is 0 Å². The molecule has 0 spiro atoms. The number of nitrogens with one attached hydrogen (secondary N) is 2. The van der Waals surface area contributed by atoms with Crippen LogP contribution in [0.5, 0.6) is 17.2 Å². The first-order valence-corrected chi connectivity index (χ1v) is 8.84. The third-order valence-electron chi connectivity index (χ3n) is 4.34. The maximum Gasteiger partial charge on any atom is 0.319 e. The Labute approximate surface area is 160 Å². The smallest absolute Gasteiger partial charge is 0.319 e. The number of carbonyl (C=O) groups is 1. The van der Waals surface area contributed by atoms with Crippen molar-refractivity contribution in [2.45, 2.75) is 33.2 Å². The summed E-state index contributed by atoms with van der Waals surface area (Å²) in [5, 5.41) is 5.85. The fourth-order valence-corrected chi connectivity index (χ4v) is 2.92. The van der Waals surface area contributed by atoms with E-state index in [0.29, 0.717) is 29.7 Å². The highest BCUT2D eigenvalue weighted by molar-refractivity contribution is 5.91. The van der Waals surface area contributed by atoms with E-state index in [0.717, 1.165) is 22.4 Å². The molecule has 6 heteroatoms. The summed E-state index contributed by atoms with van der Waals surface area (Å²) in [6, 6.07) is 9.39. The number of benzene rings is 2. The molecule has 0 saturated heterocycles. The standard InChI is InChI=1S/C21H28N2O4/c1-13(2)16-9-7-8-14(3)19(16)23-21(24)22-12-15-10-17(25-4)20(27-6)18(11-15)26-5/h7-11,13H,12H2,1-6H3,(H2,22,23,24). The largest absolute Gasteiger partial charge is 0.493 e. The number of carbonyl (C=O) groups excluding carboxylic acids is 1. The zero-order valence-electron chi connectivity index (χ0n) is 16.8. The zero-order valence-corrected chi connectivity index (χ0v) is 16.8. The predicted octanol–water partition coefficient (Wildman–Crippen LogP) is 4.47. The molecule has 0 radical (unpaired) electrons. The normalized spacial score (nSPS) is 10.5. The summed E-state index contributed by atoms with van der Waals surface area (Å²) in [4.78, 5) is 12.4. The average molecular weight is 372 g/mol. The van der Waals surface area contributed by atoms with Gasteiger partial charge in [0.05, 0.1) is 21.3 Å². The summed E-state index contributed by atoms with van der Waals surface area (Å²) in [6.07, 6.45) is 0. The van der Waals surface area contributed by atoms with Gasteiger partial charge >= 0.3 is 6.03 Å². The lowest BCUT2D eigenvalue weighted by molar-refractivity contribution is 0.251. The van der Waals surface area contributed by atoms with Gasteiger partial charge in [0.2, 0.25) is 5.75 Å². The van der Waals surface area contributed by atoms with Crippen molar-refractivity contribution in [3.63, 3.8) is 0 Å². The van der Waals surface area contributed by atoms with Crippen molar-refractivity contribution in [2.75, 3.05) is 26.6 Å². The van der Waals surface area contributed by atoms with Gasteiger partial charge in [-0.25, -0.2) is 4.79 Å². The number of rotatable bonds is 7. The van der Waals surface area contributed by atoms with Gasteiger partial charge in [0.1, 0.15) is 0 Å². The molecule has 0 unspecified atom stereocenters. The predicted molar refractivity (Wildman–Crippen MR) is 107 cm³/mol. The van der Waals surface area contributed by atoms with Gasteiger partial charge in [-0.3, -0.25) is 0 Å². The molecular weight excluding hydrogens is 344 g/mol. The van der Waals surface area contributed by atoms with E-state index in [9.17, 15) is 4.79 Å². The Balaban J connectivity index is 2.13. The second kappa shape index (κ2) is 9.16. The fraction of sp³-hybridized carbons (Fsp3) is 0.381. The van der Waals surface area contributed by atoms with Crippen LogP contribution in [0.4, 0.5) is 10.5 Å². The van der Waals surface area contributed by atoms with Gasteiger partial charge in [-0.2, -0.15) is 0 Å². The van der Waals surface area contributed by atoms with Crippen LogP contribution in [0.15, 0.2) is 30.3 Å². The van der Waals surface area contributed by atoms with Crippen LogP contribution in [0.1, 0.15) is 36.5 Å². The number of ether oxygens (including phenoxy) is 3. The third-order valence-corrected chi connectivity index (χ3v) is 4.34. The molecular formula is C21H28N2O4. The monoisotopic (exact) mass is 372 g/mol. The minimum atomic E-state index is -0.264. The van der Waals surface area contributed by atoms with Crippen LogP contribution >= 0.6 is 0 Å². The molecule has 0 bridgehead atoms. The Morgan fingerprint density at radius 1 is 1.04 bits per heavy atom. The lowest BCUT2D eigenvalue weighted by Gasteiger charge is -2.17. The number of para-hydroxylation sites is 1. The number of aryl methyl sites for hydroxylation is 1. The van der Waals surface area contributed by atoms with Crippen molar-refractivity contribution < 1.29 is 19.0 Å². The van der Waals surface area contributed by atoms with E-state index in [4.69, 9.17) is 14.2 Å². The Morgan fingerprint density at radius 3 is 2.19 bits per heavy atom. The first-order valence-electron chi connectivity index (χ1n) is 8.84. The van der Waals surface area contributed by atoms with Crippen molar-refractivity contribution in [3.8, 4) is 17.2 Å². The number of anilines is 1. The molecule has 0 fully saturated rings. The van der Waals surface area contributed by atoms with Crippen LogP contribution in [0.25, 0.3) is 0 Å². The highest BCUT2D eigenvalue weighted by atomic mass is 16.5. The number of urea groups is 1. The Kier molecular flexibility index (Phi) is 6.93. The molecule has 0 atom stereocenters. The number of methoxy groups -OCH3 is 3. The summed E-state index contributed by atoms with van der Waals surface area (Å²) in [5.41, 5.74) is 3.84. The highest BCUT2D eigenvalue weighted by Crippen LogP contribution is 2.38. The Hall–Kier alpha value is -2.89. The van der Waals surface area contributed by atoms with Gasteiger partial charge in [-0.15, -0.1) is 0 Å². The maximum absolute atomic E-state index is 12.4. The maximum atomic E-state index is 12.4.